The van der Waals surface area contributed by atoms with E-state index in [1.165, 1.54) is 18.2 Å². The van der Waals surface area contributed by atoms with Crippen LogP contribution in [0.15, 0.2) is 41.6 Å². The highest BCUT2D eigenvalue weighted by Crippen LogP contribution is 2.43. The number of amides is 1. The largest absolute Gasteiger partial charge is 0.493 e. The third-order valence-corrected chi connectivity index (χ3v) is 7.14. The van der Waals surface area contributed by atoms with Crippen LogP contribution < -0.4 is 19.5 Å². The maximum Gasteiger partial charge on any atom is 0.234 e. The van der Waals surface area contributed by atoms with Gasteiger partial charge >= 0.3 is 0 Å². The normalized spacial score (nSPS) is 13.9. The van der Waals surface area contributed by atoms with E-state index in [2.05, 4.69) is 20.1 Å². The number of rotatable bonds is 9. The molecule has 3 aromatic rings. The van der Waals surface area contributed by atoms with Crippen molar-refractivity contribution in [2.75, 3.05) is 32.4 Å². The lowest BCUT2D eigenvalue weighted by Crippen LogP contribution is -2.17. The van der Waals surface area contributed by atoms with Crippen LogP contribution in [-0.4, -0.2) is 47.8 Å². The summed E-state index contributed by atoms with van der Waals surface area (Å²) in [6.45, 7) is 2.02. The standard InChI is InChI=1S/C26H32N4O4S/c1-17-10-12-19(13-11-17)27-23(31)16-35-26-29-28-25(30(26)20-8-6-5-7-9-20)18-14-21(32-2)24(34-4)22(15-18)33-3/h10-15,20H,5-9,16H2,1-4H3,(H,27,31). The summed E-state index contributed by atoms with van der Waals surface area (Å²) < 4.78 is 18.8. The van der Waals surface area contributed by atoms with Gasteiger partial charge in [0, 0.05) is 17.3 Å². The average molecular weight is 497 g/mol. The predicted molar refractivity (Wildman–Crippen MR) is 138 cm³/mol. The number of benzene rings is 2. The molecular weight excluding hydrogens is 464 g/mol. The maximum atomic E-state index is 12.6. The van der Waals surface area contributed by atoms with E-state index >= 15 is 0 Å². The molecule has 1 aliphatic carbocycles. The van der Waals surface area contributed by atoms with E-state index in [-0.39, 0.29) is 17.7 Å². The Hall–Kier alpha value is -3.20. The van der Waals surface area contributed by atoms with Crippen molar-refractivity contribution in [3.63, 3.8) is 0 Å². The summed E-state index contributed by atoms with van der Waals surface area (Å²) in [7, 11) is 4.78. The van der Waals surface area contributed by atoms with Gasteiger partial charge in [-0.05, 0) is 44.0 Å². The molecule has 9 heteroatoms. The molecule has 1 heterocycles. The van der Waals surface area contributed by atoms with Crippen LogP contribution >= 0.6 is 11.8 Å². The molecule has 35 heavy (non-hydrogen) atoms. The molecule has 1 aromatic heterocycles. The number of hydrogen-bond donors (Lipinski definition) is 1. The van der Waals surface area contributed by atoms with Crippen LogP contribution in [0.1, 0.15) is 43.7 Å². The fourth-order valence-corrected chi connectivity index (χ4v) is 5.22. The second-order valence-electron chi connectivity index (χ2n) is 8.58. The molecule has 0 atom stereocenters. The molecule has 1 amide bonds. The van der Waals surface area contributed by atoms with Crippen LogP contribution in [0, 0.1) is 6.92 Å². The van der Waals surface area contributed by atoms with E-state index < -0.39 is 0 Å². The zero-order chi connectivity index (χ0) is 24.8. The van der Waals surface area contributed by atoms with Gasteiger partial charge in [0.05, 0.1) is 27.1 Å². The second-order valence-corrected chi connectivity index (χ2v) is 9.53. The lowest BCUT2D eigenvalue weighted by Gasteiger charge is -2.26. The number of methoxy groups -OCH3 is 3. The van der Waals surface area contributed by atoms with Crippen molar-refractivity contribution in [3.05, 3.63) is 42.0 Å². The van der Waals surface area contributed by atoms with Crippen LogP contribution in [0.3, 0.4) is 0 Å². The molecule has 0 spiro atoms. The quantitative estimate of drug-likeness (QED) is 0.391. The minimum atomic E-state index is -0.0774. The number of aryl methyl sites for hydroxylation is 1. The van der Waals surface area contributed by atoms with Crippen LogP contribution in [0.2, 0.25) is 0 Å². The third-order valence-electron chi connectivity index (χ3n) is 6.19. The highest BCUT2D eigenvalue weighted by Gasteiger charge is 2.26. The number of aromatic nitrogens is 3. The van der Waals surface area contributed by atoms with Gasteiger partial charge in [-0.2, -0.15) is 0 Å². The second kappa shape index (κ2) is 11.5. The van der Waals surface area contributed by atoms with Crippen LogP contribution in [-0.2, 0) is 4.79 Å². The van der Waals surface area contributed by atoms with Crippen molar-refractivity contribution in [2.45, 2.75) is 50.2 Å². The zero-order valence-corrected chi connectivity index (χ0v) is 21.5. The van der Waals surface area contributed by atoms with Crippen LogP contribution in [0.25, 0.3) is 11.4 Å². The topological polar surface area (TPSA) is 87.5 Å². The van der Waals surface area contributed by atoms with Crippen molar-refractivity contribution < 1.29 is 19.0 Å². The van der Waals surface area contributed by atoms with Crippen molar-refractivity contribution in [3.8, 4) is 28.6 Å². The third kappa shape index (κ3) is 5.73. The van der Waals surface area contributed by atoms with E-state index in [0.29, 0.717) is 17.2 Å². The minimum Gasteiger partial charge on any atom is -0.493 e. The Labute approximate surface area is 210 Å². The van der Waals surface area contributed by atoms with Crippen molar-refractivity contribution >= 4 is 23.4 Å². The molecule has 0 unspecified atom stereocenters. The van der Waals surface area contributed by atoms with E-state index in [1.54, 1.807) is 21.3 Å². The summed E-state index contributed by atoms with van der Waals surface area (Å²) in [6, 6.07) is 11.8. The average Bonchev–Trinajstić information content (AvgIpc) is 3.32. The number of anilines is 1. The minimum absolute atomic E-state index is 0.0774. The molecule has 4 rings (SSSR count). The maximum absolute atomic E-state index is 12.6. The highest BCUT2D eigenvalue weighted by atomic mass is 32.2. The Kier molecular flexibility index (Phi) is 8.17. The molecule has 2 aromatic carbocycles. The van der Waals surface area contributed by atoms with Gasteiger partial charge in [0.15, 0.2) is 22.5 Å². The SMILES string of the molecule is COc1cc(-c2nnc(SCC(=O)Nc3ccc(C)cc3)n2C2CCCCC2)cc(OC)c1OC. The summed E-state index contributed by atoms with van der Waals surface area (Å²) in [4.78, 5) is 12.6. The number of hydrogen-bond acceptors (Lipinski definition) is 7. The molecule has 0 radical (unpaired) electrons. The molecule has 186 valence electrons. The lowest BCUT2D eigenvalue weighted by molar-refractivity contribution is -0.113. The number of nitrogens with one attached hydrogen (secondary N) is 1. The van der Waals surface area contributed by atoms with Gasteiger partial charge < -0.3 is 19.5 Å². The van der Waals surface area contributed by atoms with Crippen molar-refractivity contribution in [1.29, 1.82) is 0 Å². The summed E-state index contributed by atoms with van der Waals surface area (Å²) >= 11 is 1.40. The van der Waals surface area contributed by atoms with Crippen molar-refractivity contribution in [1.82, 2.24) is 14.8 Å². The van der Waals surface area contributed by atoms with E-state index in [4.69, 9.17) is 14.2 Å². The number of nitrogens with zero attached hydrogens (tertiary/aromatic N) is 3. The monoisotopic (exact) mass is 496 g/mol. The van der Waals surface area contributed by atoms with Gasteiger partial charge in [-0.15, -0.1) is 10.2 Å². The van der Waals surface area contributed by atoms with E-state index in [1.807, 2.05) is 43.3 Å². The van der Waals surface area contributed by atoms with E-state index in [9.17, 15) is 4.79 Å². The smallest absolute Gasteiger partial charge is 0.234 e. The van der Waals surface area contributed by atoms with Gasteiger partial charge in [0.1, 0.15) is 0 Å². The zero-order valence-electron chi connectivity index (χ0n) is 20.7. The van der Waals surface area contributed by atoms with Gasteiger partial charge in [0.25, 0.3) is 0 Å². The Balaban J connectivity index is 1.62. The predicted octanol–water partition coefficient (Wildman–Crippen LogP) is 5.52. The first-order valence-corrected chi connectivity index (χ1v) is 12.8. The number of carbonyl (C=O) groups is 1. The molecule has 1 fully saturated rings. The molecule has 0 bridgehead atoms. The Morgan fingerprint density at radius 1 is 1.00 bits per heavy atom. The Bertz CT molecular complexity index is 1130. The first kappa shape index (κ1) is 24.9. The van der Waals surface area contributed by atoms with E-state index in [0.717, 1.165) is 53.5 Å². The Morgan fingerprint density at radius 2 is 1.66 bits per heavy atom. The van der Waals surface area contributed by atoms with Crippen LogP contribution in [0.4, 0.5) is 5.69 Å². The summed E-state index contributed by atoms with van der Waals surface area (Å²) in [5.41, 5.74) is 2.76. The summed E-state index contributed by atoms with van der Waals surface area (Å²) in [5.74, 6) is 2.56. The molecule has 1 aliphatic rings. The number of thioether (sulfide) groups is 1. The first-order valence-electron chi connectivity index (χ1n) is 11.8. The van der Waals surface area contributed by atoms with Crippen molar-refractivity contribution in [2.24, 2.45) is 0 Å². The molecule has 0 aliphatic heterocycles. The molecular formula is C26H32N4O4S. The fraction of sp³-hybridized carbons (Fsp3) is 0.423. The number of carbonyl (C=O) groups excluding carboxylic acids is 1. The lowest BCUT2D eigenvalue weighted by atomic mass is 9.95. The van der Waals surface area contributed by atoms with Gasteiger partial charge in [-0.1, -0.05) is 48.7 Å². The van der Waals surface area contributed by atoms with Gasteiger partial charge in [0.2, 0.25) is 11.7 Å². The molecule has 1 saturated carbocycles. The Morgan fingerprint density at radius 3 is 2.26 bits per heavy atom. The molecule has 1 N–H and O–H groups in total. The van der Waals surface area contributed by atoms with Crippen LogP contribution in [0.5, 0.6) is 17.2 Å². The molecule has 8 nitrogen and oxygen atoms in total. The fourth-order valence-electron chi connectivity index (χ4n) is 4.41. The highest BCUT2D eigenvalue weighted by molar-refractivity contribution is 7.99. The first-order chi connectivity index (χ1) is 17.0. The summed E-state index contributed by atoms with van der Waals surface area (Å²) in [5, 5.41) is 12.7. The number of ether oxygens (including phenoxy) is 3. The van der Waals surface area contributed by atoms with Gasteiger partial charge in [-0.25, -0.2) is 0 Å². The summed E-state index contributed by atoms with van der Waals surface area (Å²) in [6.07, 6.45) is 5.67. The van der Waals surface area contributed by atoms with Gasteiger partial charge in [-0.3, -0.25) is 9.36 Å². The molecule has 0 saturated heterocycles.